The van der Waals surface area contributed by atoms with Crippen LogP contribution in [0.25, 0.3) is 6.08 Å². The van der Waals surface area contributed by atoms with Gasteiger partial charge >= 0.3 is 0 Å². The number of rotatable bonds is 5. The molecule has 1 saturated heterocycles. The highest BCUT2D eigenvalue weighted by molar-refractivity contribution is 5.92. The van der Waals surface area contributed by atoms with E-state index in [2.05, 4.69) is 18.2 Å². The normalized spacial score (nSPS) is 16.7. The Bertz CT molecular complexity index is 914. The van der Waals surface area contributed by atoms with Crippen molar-refractivity contribution >= 4 is 12.0 Å². The van der Waals surface area contributed by atoms with Gasteiger partial charge in [0, 0.05) is 23.6 Å². The van der Waals surface area contributed by atoms with E-state index in [9.17, 15) is 4.79 Å². The summed E-state index contributed by atoms with van der Waals surface area (Å²) in [5.74, 6) is 1.90. The van der Waals surface area contributed by atoms with Gasteiger partial charge in [-0.1, -0.05) is 11.6 Å². The molecule has 0 aliphatic carbocycles. The van der Waals surface area contributed by atoms with Crippen molar-refractivity contribution in [3.63, 3.8) is 0 Å². The number of piperazine rings is 1. The molecule has 0 spiro atoms. The molecule has 152 valence electrons. The lowest BCUT2D eigenvalue weighted by molar-refractivity contribution is -0.917. The second kappa shape index (κ2) is 8.70. The van der Waals surface area contributed by atoms with Gasteiger partial charge in [0.05, 0.1) is 39.9 Å². The Morgan fingerprint density at radius 1 is 1.21 bits per heavy atom. The molecule has 0 radical (unpaired) electrons. The molecule has 0 unspecified atom stereocenters. The number of nitrogens with one attached hydrogen (secondary N) is 1. The Balaban J connectivity index is 1.31. The smallest absolute Gasteiger partial charge is 0.246 e. The zero-order chi connectivity index (χ0) is 20.2. The van der Waals surface area contributed by atoms with Crippen LogP contribution in [0.15, 0.2) is 42.5 Å². The number of nitrogens with zero attached hydrogens (tertiary/aromatic N) is 1. The summed E-state index contributed by atoms with van der Waals surface area (Å²) in [5.41, 5.74) is 4.77. The van der Waals surface area contributed by atoms with E-state index < -0.39 is 0 Å². The van der Waals surface area contributed by atoms with Crippen LogP contribution in [0.3, 0.4) is 0 Å². The molecule has 4 rings (SSSR count). The minimum absolute atomic E-state index is 0.0716. The van der Waals surface area contributed by atoms with E-state index >= 15 is 0 Å². The summed E-state index contributed by atoms with van der Waals surface area (Å²) < 4.78 is 11.0. The largest absolute Gasteiger partial charge is 0.496 e. The Labute approximate surface area is 172 Å². The molecular weight excluding hydrogens is 364 g/mol. The molecule has 2 aromatic carbocycles. The van der Waals surface area contributed by atoms with E-state index in [4.69, 9.17) is 9.47 Å². The molecule has 1 amide bonds. The first kappa shape index (κ1) is 19.5. The van der Waals surface area contributed by atoms with Gasteiger partial charge in [-0.15, -0.1) is 0 Å². The summed E-state index contributed by atoms with van der Waals surface area (Å²) in [4.78, 5) is 16.1. The fourth-order valence-corrected chi connectivity index (χ4v) is 4.11. The van der Waals surface area contributed by atoms with Crippen molar-refractivity contribution in [1.82, 2.24) is 4.90 Å². The number of aryl methyl sites for hydroxylation is 1. The molecule has 5 nitrogen and oxygen atoms in total. The highest BCUT2D eigenvalue weighted by Crippen LogP contribution is 2.25. The lowest BCUT2D eigenvalue weighted by Gasteiger charge is -2.31. The summed E-state index contributed by atoms with van der Waals surface area (Å²) in [6, 6.07) is 12.5. The number of quaternary nitrogens is 1. The fraction of sp³-hybridized carbons (Fsp3) is 0.375. The first-order chi connectivity index (χ1) is 14.1. The van der Waals surface area contributed by atoms with E-state index in [0.29, 0.717) is 0 Å². The minimum atomic E-state index is 0.0716. The van der Waals surface area contributed by atoms with Crippen LogP contribution in [0.5, 0.6) is 11.5 Å². The van der Waals surface area contributed by atoms with Crippen LogP contribution in [0.2, 0.25) is 0 Å². The molecule has 2 aromatic rings. The molecule has 2 aliphatic heterocycles. The highest BCUT2D eigenvalue weighted by atomic mass is 16.5. The number of amides is 1. The van der Waals surface area contributed by atoms with E-state index in [0.717, 1.165) is 68.4 Å². The maximum Gasteiger partial charge on any atom is 0.246 e. The lowest BCUT2D eigenvalue weighted by Crippen LogP contribution is -3.13. The number of fused-ring (bicyclic) bond motifs is 1. The second-order valence-electron chi connectivity index (χ2n) is 7.87. The topological polar surface area (TPSA) is 43.2 Å². The van der Waals surface area contributed by atoms with Gasteiger partial charge < -0.3 is 19.3 Å². The van der Waals surface area contributed by atoms with E-state index in [1.54, 1.807) is 13.2 Å². The second-order valence-corrected chi connectivity index (χ2v) is 7.87. The van der Waals surface area contributed by atoms with Crippen LogP contribution in [-0.2, 0) is 17.8 Å². The number of ether oxygens (including phenoxy) is 2. The summed E-state index contributed by atoms with van der Waals surface area (Å²) in [7, 11) is 1.65. The summed E-state index contributed by atoms with van der Waals surface area (Å²) in [6.45, 7) is 7.37. The van der Waals surface area contributed by atoms with Gasteiger partial charge in [0.2, 0.25) is 5.91 Å². The molecule has 0 atom stereocenters. The van der Waals surface area contributed by atoms with E-state index in [1.807, 2.05) is 36.1 Å². The maximum atomic E-state index is 12.6. The zero-order valence-corrected chi connectivity index (χ0v) is 17.2. The molecule has 29 heavy (non-hydrogen) atoms. The molecule has 1 fully saturated rings. The maximum absolute atomic E-state index is 12.6. The molecule has 5 heteroatoms. The fourth-order valence-electron chi connectivity index (χ4n) is 4.11. The van der Waals surface area contributed by atoms with Gasteiger partial charge in [0.1, 0.15) is 18.0 Å². The zero-order valence-electron chi connectivity index (χ0n) is 17.2. The molecule has 0 saturated carbocycles. The lowest BCUT2D eigenvalue weighted by atomic mass is 10.1. The number of hydrogen-bond donors (Lipinski definition) is 1. The third kappa shape index (κ3) is 4.62. The molecule has 0 aromatic heterocycles. The summed E-state index contributed by atoms with van der Waals surface area (Å²) >= 11 is 0. The van der Waals surface area contributed by atoms with Gasteiger partial charge in [-0.2, -0.15) is 0 Å². The van der Waals surface area contributed by atoms with Crippen LogP contribution in [0.1, 0.15) is 22.3 Å². The van der Waals surface area contributed by atoms with Crippen molar-refractivity contribution in [2.45, 2.75) is 19.9 Å². The van der Waals surface area contributed by atoms with Gasteiger partial charge in [0.25, 0.3) is 0 Å². The Morgan fingerprint density at radius 3 is 2.83 bits per heavy atom. The van der Waals surface area contributed by atoms with E-state index in [-0.39, 0.29) is 5.91 Å². The Hall–Kier alpha value is -2.79. The first-order valence-electron chi connectivity index (χ1n) is 10.3. The Morgan fingerprint density at radius 2 is 2.03 bits per heavy atom. The van der Waals surface area contributed by atoms with Gasteiger partial charge in [-0.3, -0.25) is 4.79 Å². The number of hydrogen-bond acceptors (Lipinski definition) is 3. The van der Waals surface area contributed by atoms with Gasteiger partial charge in [0.15, 0.2) is 0 Å². The standard InChI is InChI=1S/C24H28N2O3/c1-18-3-6-22(28-2)20(15-18)5-8-24(27)26-12-10-25(11-13-26)17-19-4-7-23-21(16-19)9-14-29-23/h3-8,15-16H,9-14,17H2,1-2H3/p+1/b8-5+. The summed E-state index contributed by atoms with van der Waals surface area (Å²) in [6.07, 6.45) is 4.54. The number of methoxy groups -OCH3 is 1. The van der Waals surface area contributed by atoms with E-state index in [1.165, 1.54) is 16.0 Å². The molecule has 2 heterocycles. The average Bonchev–Trinajstić information content (AvgIpc) is 3.20. The third-order valence-electron chi connectivity index (χ3n) is 5.78. The van der Waals surface area contributed by atoms with Crippen molar-refractivity contribution < 1.29 is 19.2 Å². The van der Waals surface area contributed by atoms with Crippen LogP contribution >= 0.6 is 0 Å². The number of benzene rings is 2. The molecule has 0 bridgehead atoms. The van der Waals surface area contributed by atoms with Gasteiger partial charge in [-0.25, -0.2) is 0 Å². The van der Waals surface area contributed by atoms with Crippen molar-refractivity contribution in [3.05, 3.63) is 64.7 Å². The van der Waals surface area contributed by atoms with Crippen molar-refractivity contribution in [3.8, 4) is 11.5 Å². The molecular formula is C24H29N2O3+. The minimum Gasteiger partial charge on any atom is -0.496 e. The Kier molecular flexibility index (Phi) is 5.86. The number of carbonyl (C=O) groups is 1. The van der Waals surface area contributed by atoms with Crippen LogP contribution in [0.4, 0.5) is 0 Å². The highest BCUT2D eigenvalue weighted by Gasteiger charge is 2.23. The first-order valence-corrected chi connectivity index (χ1v) is 10.3. The predicted molar refractivity (Wildman–Crippen MR) is 113 cm³/mol. The van der Waals surface area contributed by atoms with Crippen LogP contribution in [-0.4, -0.2) is 50.7 Å². The van der Waals surface area contributed by atoms with Crippen LogP contribution < -0.4 is 14.4 Å². The SMILES string of the molecule is COc1ccc(C)cc1/C=C/C(=O)N1CC[NH+](Cc2ccc3c(c2)CCO3)CC1. The number of carbonyl (C=O) groups excluding carboxylic acids is 1. The predicted octanol–water partition coefficient (Wildman–Crippen LogP) is 1.88. The van der Waals surface area contributed by atoms with Crippen molar-refractivity contribution in [1.29, 1.82) is 0 Å². The van der Waals surface area contributed by atoms with Crippen molar-refractivity contribution in [2.75, 3.05) is 39.9 Å². The molecule has 1 N–H and O–H groups in total. The summed E-state index contributed by atoms with van der Waals surface area (Å²) in [5, 5.41) is 0. The third-order valence-corrected chi connectivity index (χ3v) is 5.78. The van der Waals surface area contributed by atoms with Crippen molar-refractivity contribution in [2.24, 2.45) is 0 Å². The average molecular weight is 394 g/mol. The monoisotopic (exact) mass is 393 g/mol. The van der Waals surface area contributed by atoms with Gasteiger partial charge in [-0.05, 0) is 48.9 Å². The quantitative estimate of drug-likeness (QED) is 0.789. The molecule has 2 aliphatic rings. The van der Waals surface area contributed by atoms with Crippen LogP contribution in [0, 0.1) is 6.92 Å².